The Balaban J connectivity index is 1.79. The monoisotopic (exact) mass is 406 g/mol. The number of hydrogen-bond donors (Lipinski definition) is 2. The maximum Gasteiger partial charge on any atom is 0.255 e. The maximum absolute atomic E-state index is 12.1. The molecule has 1 aromatic heterocycles. The number of unbranched alkanes of at least 4 members (excludes halogenated alkanes) is 4. The number of rotatable bonds is 11. The Kier molecular flexibility index (Phi) is 8.09. The second-order valence-corrected chi connectivity index (χ2v) is 8.12. The number of nitrogens with one attached hydrogen (secondary N) is 1. The van der Waals surface area contributed by atoms with Crippen LogP contribution in [0.15, 0.2) is 53.5 Å². The first kappa shape index (κ1) is 22.1. The van der Waals surface area contributed by atoms with Crippen LogP contribution >= 0.6 is 0 Å². The van der Waals surface area contributed by atoms with Gasteiger partial charge in [-0.15, -0.1) is 0 Å². The number of phenols is 1. The smallest absolute Gasteiger partial charge is 0.255 e. The molecule has 4 heteroatoms. The molecule has 2 N–H and O–H groups in total. The summed E-state index contributed by atoms with van der Waals surface area (Å²) in [5, 5.41) is 11.5. The largest absolute Gasteiger partial charge is 0.507 e. The number of aromatic nitrogens is 1. The minimum Gasteiger partial charge on any atom is -0.507 e. The number of benzene rings is 2. The molecule has 0 atom stereocenters. The molecule has 0 unspecified atom stereocenters. The van der Waals surface area contributed by atoms with Gasteiger partial charge in [0.25, 0.3) is 5.56 Å². The molecule has 30 heavy (non-hydrogen) atoms. The summed E-state index contributed by atoms with van der Waals surface area (Å²) in [6.45, 7) is 7.76. The number of H-pyrrole nitrogens is 1. The van der Waals surface area contributed by atoms with Crippen molar-refractivity contribution >= 4 is 10.8 Å². The van der Waals surface area contributed by atoms with Gasteiger partial charge >= 0.3 is 0 Å². The van der Waals surface area contributed by atoms with Gasteiger partial charge in [0.05, 0.1) is 5.39 Å². The third-order valence-corrected chi connectivity index (χ3v) is 5.73. The van der Waals surface area contributed by atoms with E-state index in [1.807, 2.05) is 0 Å². The van der Waals surface area contributed by atoms with Crippen LogP contribution in [0.25, 0.3) is 21.9 Å². The summed E-state index contributed by atoms with van der Waals surface area (Å²) < 4.78 is 0. The van der Waals surface area contributed by atoms with Crippen molar-refractivity contribution in [3.8, 4) is 16.9 Å². The molecule has 2 aromatic carbocycles. The molecule has 0 spiro atoms. The van der Waals surface area contributed by atoms with Crippen LogP contribution in [0, 0.1) is 0 Å². The topological polar surface area (TPSA) is 56.3 Å². The Bertz CT molecular complexity index is 982. The molecule has 4 nitrogen and oxygen atoms in total. The third kappa shape index (κ3) is 5.51. The summed E-state index contributed by atoms with van der Waals surface area (Å²) in [7, 11) is 0. The van der Waals surface area contributed by atoms with Gasteiger partial charge in [-0.2, -0.15) is 0 Å². The zero-order chi connectivity index (χ0) is 21.3. The van der Waals surface area contributed by atoms with Crippen LogP contribution in [0.3, 0.4) is 0 Å². The molecule has 0 fully saturated rings. The second kappa shape index (κ2) is 11.0. The Labute approximate surface area is 179 Å². The molecule has 0 bridgehead atoms. The van der Waals surface area contributed by atoms with Gasteiger partial charge in [0.15, 0.2) is 0 Å². The second-order valence-electron chi connectivity index (χ2n) is 8.12. The van der Waals surface area contributed by atoms with Crippen molar-refractivity contribution in [2.75, 3.05) is 13.1 Å². The lowest BCUT2D eigenvalue weighted by Crippen LogP contribution is -2.25. The first-order valence-corrected chi connectivity index (χ1v) is 11.3. The number of phenolic OH excluding ortho intramolecular Hbond substituents is 1. The van der Waals surface area contributed by atoms with Crippen molar-refractivity contribution in [3.05, 3.63) is 64.6 Å². The van der Waals surface area contributed by atoms with E-state index in [9.17, 15) is 9.90 Å². The molecular weight excluding hydrogens is 372 g/mol. The van der Waals surface area contributed by atoms with E-state index < -0.39 is 0 Å². The summed E-state index contributed by atoms with van der Waals surface area (Å²) in [4.78, 5) is 17.5. The van der Waals surface area contributed by atoms with Crippen molar-refractivity contribution in [1.82, 2.24) is 9.88 Å². The Morgan fingerprint density at radius 1 is 0.900 bits per heavy atom. The summed E-state index contributed by atoms with van der Waals surface area (Å²) in [5.74, 6) is 0.135. The van der Waals surface area contributed by atoms with Gasteiger partial charge in [-0.1, -0.05) is 69.9 Å². The average Bonchev–Trinajstić information content (AvgIpc) is 2.75. The van der Waals surface area contributed by atoms with Gasteiger partial charge in [-0.3, -0.25) is 9.69 Å². The van der Waals surface area contributed by atoms with Gasteiger partial charge < -0.3 is 10.1 Å². The van der Waals surface area contributed by atoms with Gasteiger partial charge in [0, 0.05) is 23.7 Å². The third-order valence-electron chi connectivity index (χ3n) is 5.73. The van der Waals surface area contributed by atoms with Gasteiger partial charge in [-0.25, -0.2) is 0 Å². The van der Waals surface area contributed by atoms with E-state index in [1.165, 1.54) is 44.1 Å². The summed E-state index contributed by atoms with van der Waals surface area (Å²) in [5.41, 5.74) is 2.95. The fourth-order valence-electron chi connectivity index (χ4n) is 4.02. The van der Waals surface area contributed by atoms with Crippen molar-refractivity contribution in [3.63, 3.8) is 0 Å². The Morgan fingerprint density at radius 3 is 2.20 bits per heavy atom. The van der Waals surface area contributed by atoms with Gasteiger partial charge in [0.1, 0.15) is 5.75 Å². The fourth-order valence-corrected chi connectivity index (χ4v) is 4.02. The molecular formula is C26H34N2O2. The average molecular weight is 407 g/mol. The summed E-state index contributed by atoms with van der Waals surface area (Å²) >= 11 is 0. The highest BCUT2D eigenvalue weighted by Gasteiger charge is 2.11. The molecule has 3 aromatic rings. The molecule has 0 aliphatic heterocycles. The molecule has 0 radical (unpaired) electrons. The van der Waals surface area contributed by atoms with Crippen LogP contribution < -0.4 is 5.56 Å². The molecule has 160 valence electrons. The highest BCUT2D eigenvalue weighted by atomic mass is 16.3. The van der Waals surface area contributed by atoms with E-state index >= 15 is 0 Å². The quantitative estimate of drug-likeness (QED) is 0.379. The first-order chi connectivity index (χ1) is 14.6. The highest BCUT2D eigenvalue weighted by molar-refractivity contribution is 5.99. The van der Waals surface area contributed by atoms with Crippen LogP contribution in [-0.4, -0.2) is 28.1 Å². The van der Waals surface area contributed by atoms with E-state index in [2.05, 4.69) is 48.0 Å². The molecule has 0 aliphatic rings. The van der Waals surface area contributed by atoms with E-state index in [-0.39, 0.29) is 11.3 Å². The van der Waals surface area contributed by atoms with Crippen LogP contribution in [0.4, 0.5) is 0 Å². The van der Waals surface area contributed by atoms with Crippen molar-refractivity contribution in [1.29, 1.82) is 0 Å². The number of aromatic hydroxyl groups is 1. The van der Waals surface area contributed by atoms with Crippen LogP contribution in [0.1, 0.15) is 57.9 Å². The lowest BCUT2D eigenvalue weighted by atomic mass is 9.99. The van der Waals surface area contributed by atoms with E-state index in [1.54, 1.807) is 24.4 Å². The number of pyridine rings is 1. The lowest BCUT2D eigenvalue weighted by molar-refractivity contribution is 0.254. The Morgan fingerprint density at radius 2 is 1.57 bits per heavy atom. The number of fused-ring (bicyclic) bond motifs is 1. The van der Waals surface area contributed by atoms with Gasteiger partial charge in [-0.05, 0) is 49.2 Å². The maximum atomic E-state index is 12.1. The zero-order valence-electron chi connectivity index (χ0n) is 18.3. The first-order valence-electron chi connectivity index (χ1n) is 11.3. The van der Waals surface area contributed by atoms with Crippen LogP contribution in [0.2, 0.25) is 0 Å². The summed E-state index contributed by atoms with van der Waals surface area (Å²) in [6, 6.07) is 13.6. The molecule has 1 heterocycles. The predicted molar refractivity (Wildman–Crippen MR) is 126 cm³/mol. The normalized spacial score (nSPS) is 11.4. The van der Waals surface area contributed by atoms with E-state index in [0.717, 1.165) is 30.8 Å². The molecule has 0 saturated heterocycles. The van der Waals surface area contributed by atoms with Gasteiger partial charge in [0.2, 0.25) is 0 Å². The van der Waals surface area contributed by atoms with Crippen molar-refractivity contribution in [2.45, 2.75) is 58.9 Å². The number of hydrogen-bond acceptors (Lipinski definition) is 3. The predicted octanol–water partition coefficient (Wildman–Crippen LogP) is 6.08. The Hall–Kier alpha value is -2.59. The molecule has 0 amide bonds. The number of aromatic amines is 1. The van der Waals surface area contributed by atoms with E-state index in [4.69, 9.17) is 0 Å². The summed E-state index contributed by atoms with van der Waals surface area (Å²) in [6.07, 6.45) is 9.26. The van der Waals surface area contributed by atoms with E-state index in [0.29, 0.717) is 10.8 Å². The molecule has 0 aliphatic carbocycles. The standard InChI is InChI=1S/C26H34N2O2/c1-3-5-7-16-28(17-8-6-4-2)19-20-12-14-21(15-13-20)23-18-27-26(30)22-10-9-11-24(29)25(22)23/h9-15,18,29H,3-8,16-17,19H2,1-2H3,(H,27,30). The molecule has 0 saturated carbocycles. The van der Waals surface area contributed by atoms with Crippen molar-refractivity contribution in [2.24, 2.45) is 0 Å². The minimum absolute atomic E-state index is 0.135. The zero-order valence-corrected chi connectivity index (χ0v) is 18.3. The SMILES string of the molecule is CCCCCN(CCCCC)Cc1ccc(-c2c[nH]c(=O)c3cccc(O)c23)cc1. The molecule has 3 rings (SSSR count). The van der Waals surface area contributed by atoms with Crippen LogP contribution in [-0.2, 0) is 6.54 Å². The minimum atomic E-state index is -0.184. The highest BCUT2D eigenvalue weighted by Crippen LogP contribution is 2.32. The van der Waals surface area contributed by atoms with Crippen LogP contribution in [0.5, 0.6) is 5.75 Å². The fraction of sp³-hybridized carbons (Fsp3) is 0.423. The van der Waals surface area contributed by atoms with Crippen molar-refractivity contribution < 1.29 is 5.11 Å². The lowest BCUT2D eigenvalue weighted by Gasteiger charge is -2.22. The number of nitrogens with zero attached hydrogens (tertiary/aromatic N) is 1.